The van der Waals surface area contributed by atoms with Crippen molar-refractivity contribution in [2.24, 2.45) is 5.92 Å². The SMILES string of the molecule is CC(C)C[C@H](NC(=O)CN(C)S(=O)(=O)c1ccccc1)c1ccccc1. The highest BCUT2D eigenvalue weighted by Crippen LogP contribution is 2.21. The summed E-state index contributed by atoms with van der Waals surface area (Å²) in [6, 6.07) is 17.7. The molecule has 0 saturated heterocycles. The lowest BCUT2D eigenvalue weighted by atomic mass is 9.97. The molecule has 26 heavy (non-hydrogen) atoms. The molecule has 5 nitrogen and oxygen atoms in total. The predicted molar refractivity (Wildman–Crippen MR) is 103 cm³/mol. The first-order valence-electron chi connectivity index (χ1n) is 8.66. The summed E-state index contributed by atoms with van der Waals surface area (Å²) in [5.74, 6) is 0.0767. The second-order valence-electron chi connectivity index (χ2n) is 6.73. The van der Waals surface area contributed by atoms with Crippen LogP contribution in [0.3, 0.4) is 0 Å². The number of likely N-dealkylation sites (N-methyl/N-ethyl adjacent to an activating group) is 1. The summed E-state index contributed by atoms with van der Waals surface area (Å²) in [5, 5.41) is 2.97. The minimum atomic E-state index is -3.69. The van der Waals surface area contributed by atoms with Crippen molar-refractivity contribution >= 4 is 15.9 Å². The van der Waals surface area contributed by atoms with E-state index < -0.39 is 10.0 Å². The zero-order valence-electron chi connectivity index (χ0n) is 15.4. The summed E-state index contributed by atoms with van der Waals surface area (Å²) in [4.78, 5) is 12.7. The maximum absolute atomic E-state index is 12.5. The molecule has 2 aromatic carbocycles. The van der Waals surface area contributed by atoms with E-state index in [9.17, 15) is 13.2 Å². The second kappa shape index (κ2) is 8.96. The van der Waals surface area contributed by atoms with Gasteiger partial charge in [-0.1, -0.05) is 62.4 Å². The number of rotatable bonds is 8. The summed E-state index contributed by atoms with van der Waals surface area (Å²) in [7, 11) is -2.27. The first-order valence-corrected chi connectivity index (χ1v) is 10.1. The number of hydrogen-bond acceptors (Lipinski definition) is 3. The van der Waals surface area contributed by atoms with Gasteiger partial charge in [0.25, 0.3) is 0 Å². The highest BCUT2D eigenvalue weighted by molar-refractivity contribution is 7.89. The Morgan fingerprint density at radius 2 is 1.54 bits per heavy atom. The minimum absolute atomic E-state index is 0.142. The molecule has 0 heterocycles. The zero-order valence-corrected chi connectivity index (χ0v) is 16.2. The van der Waals surface area contributed by atoms with E-state index in [4.69, 9.17) is 0 Å². The van der Waals surface area contributed by atoms with Crippen LogP contribution in [0.5, 0.6) is 0 Å². The van der Waals surface area contributed by atoms with Crippen LogP contribution in [-0.4, -0.2) is 32.2 Å². The number of nitrogens with zero attached hydrogens (tertiary/aromatic N) is 1. The van der Waals surface area contributed by atoms with Crippen LogP contribution >= 0.6 is 0 Å². The largest absolute Gasteiger partial charge is 0.348 e. The summed E-state index contributed by atoms with van der Waals surface area (Å²) < 4.78 is 26.2. The van der Waals surface area contributed by atoms with E-state index in [1.165, 1.54) is 19.2 Å². The molecular formula is C20H26N2O3S. The molecule has 0 spiro atoms. The van der Waals surface area contributed by atoms with Crippen molar-refractivity contribution in [3.8, 4) is 0 Å². The molecule has 1 atom stereocenters. The van der Waals surface area contributed by atoms with Crippen LogP contribution in [0.2, 0.25) is 0 Å². The second-order valence-corrected chi connectivity index (χ2v) is 8.78. The van der Waals surface area contributed by atoms with Gasteiger partial charge in [-0.2, -0.15) is 4.31 Å². The van der Waals surface area contributed by atoms with Crippen LogP contribution in [0.4, 0.5) is 0 Å². The van der Waals surface area contributed by atoms with Gasteiger partial charge in [-0.15, -0.1) is 0 Å². The highest BCUT2D eigenvalue weighted by atomic mass is 32.2. The van der Waals surface area contributed by atoms with Gasteiger partial charge in [0, 0.05) is 7.05 Å². The molecule has 6 heteroatoms. The summed E-state index contributed by atoms with van der Waals surface area (Å²) in [6.07, 6.45) is 0.783. The smallest absolute Gasteiger partial charge is 0.243 e. The molecule has 1 amide bonds. The van der Waals surface area contributed by atoms with E-state index >= 15 is 0 Å². The fourth-order valence-corrected chi connectivity index (χ4v) is 3.88. The number of carbonyl (C=O) groups is 1. The van der Waals surface area contributed by atoms with Crippen molar-refractivity contribution in [2.75, 3.05) is 13.6 Å². The Hall–Kier alpha value is -2.18. The van der Waals surface area contributed by atoms with Crippen molar-refractivity contribution in [3.05, 3.63) is 66.2 Å². The van der Waals surface area contributed by atoms with Crippen molar-refractivity contribution in [2.45, 2.75) is 31.2 Å². The van der Waals surface area contributed by atoms with Crippen molar-refractivity contribution < 1.29 is 13.2 Å². The average molecular weight is 375 g/mol. The van der Waals surface area contributed by atoms with Crippen LogP contribution in [0.25, 0.3) is 0 Å². The summed E-state index contributed by atoms with van der Waals surface area (Å²) in [5.41, 5.74) is 1.02. The molecule has 0 aliphatic heterocycles. The Morgan fingerprint density at radius 1 is 1.00 bits per heavy atom. The zero-order chi connectivity index (χ0) is 19.2. The molecule has 0 aromatic heterocycles. The normalized spacial score (nSPS) is 13.0. The quantitative estimate of drug-likeness (QED) is 0.771. The summed E-state index contributed by atoms with van der Waals surface area (Å²) >= 11 is 0. The van der Waals surface area contributed by atoms with Gasteiger partial charge in [-0.05, 0) is 30.0 Å². The van der Waals surface area contributed by atoms with E-state index in [1.807, 2.05) is 30.3 Å². The van der Waals surface area contributed by atoms with Gasteiger partial charge in [0.05, 0.1) is 17.5 Å². The Bertz CT molecular complexity index is 805. The minimum Gasteiger partial charge on any atom is -0.348 e. The number of hydrogen-bond donors (Lipinski definition) is 1. The lowest BCUT2D eigenvalue weighted by Crippen LogP contribution is -2.40. The predicted octanol–water partition coefficient (Wildman–Crippen LogP) is 3.21. The molecule has 0 aliphatic carbocycles. The fourth-order valence-electron chi connectivity index (χ4n) is 2.73. The molecular weight excluding hydrogens is 348 g/mol. The van der Waals surface area contributed by atoms with Gasteiger partial charge in [-0.3, -0.25) is 4.79 Å². The van der Waals surface area contributed by atoms with Crippen molar-refractivity contribution in [1.29, 1.82) is 0 Å². The molecule has 1 N–H and O–H groups in total. The molecule has 140 valence electrons. The van der Waals surface area contributed by atoms with Crippen molar-refractivity contribution in [3.63, 3.8) is 0 Å². The van der Waals surface area contributed by atoms with Gasteiger partial charge < -0.3 is 5.32 Å². The molecule has 2 aromatic rings. The number of amides is 1. The van der Waals surface area contributed by atoms with Gasteiger partial charge >= 0.3 is 0 Å². The van der Waals surface area contributed by atoms with Crippen LogP contribution in [0.15, 0.2) is 65.6 Å². The summed E-state index contributed by atoms with van der Waals surface area (Å²) in [6.45, 7) is 3.96. The number of carbonyl (C=O) groups excluding carboxylic acids is 1. The lowest BCUT2D eigenvalue weighted by molar-refractivity contribution is -0.122. The van der Waals surface area contributed by atoms with E-state index in [2.05, 4.69) is 19.2 Å². The van der Waals surface area contributed by atoms with E-state index in [-0.39, 0.29) is 23.4 Å². The third-order valence-corrected chi connectivity index (χ3v) is 5.88. The van der Waals surface area contributed by atoms with Gasteiger partial charge in [0.15, 0.2) is 0 Å². The van der Waals surface area contributed by atoms with Crippen LogP contribution in [0.1, 0.15) is 31.9 Å². The van der Waals surface area contributed by atoms with Crippen LogP contribution in [0, 0.1) is 5.92 Å². The Morgan fingerprint density at radius 3 is 2.08 bits per heavy atom. The van der Waals surface area contributed by atoms with E-state index in [0.717, 1.165) is 16.3 Å². The van der Waals surface area contributed by atoms with E-state index in [1.54, 1.807) is 18.2 Å². The Kier molecular flexibility index (Phi) is 6.94. The molecule has 0 fully saturated rings. The molecule has 0 bridgehead atoms. The molecule has 0 aliphatic rings. The molecule has 0 radical (unpaired) electrons. The Balaban J connectivity index is 2.08. The monoisotopic (exact) mass is 374 g/mol. The molecule has 0 saturated carbocycles. The van der Waals surface area contributed by atoms with E-state index in [0.29, 0.717) is 5.92 Å². The first kappa shape index (κ1) is 20.1. The first-order chi connectivity index (χ1) is 12.3. The number of nitrogens with one attached hydrogen (secondary N) is 1. The number of benzene rings is 2. The molecule has 0 unspecified atom stereocenters. The van der Waals surface area contributed by atoms with Gasteiger partial charge in [-0.25, -0.2) is 8.42 Å². The maximum atomic E-state index is 12.5. The standard InChI is InChI=1S/C20H26N2O3S/c1-16(2)14-19(17-10-6-4-7-11-17)21-20(23)15-22(3)26(24,25)18-12-8-5-9-13-18/h4-13,16,19H,14-15H2,1-3H3,(H,21,23)/t19-/m0/s1. The topological polar surface area (TPSA) is 66.5 Å². The highest BCUT2D eigenvalue weighted by Gasteiger charge is 2.24. The lowest BCUT2D eigenvalue weighted by Gasteiger charge is -2.23. The third-order valence-electron chi connectivity index (χ3n) is 4.06. The van der Waals surface area contributed by atoms with Crippen LogP contribution in [-0.2, 0) is 14.8 Å². The number of sulfonamides is 1. The fraction of sp³-hybridized carbons (Fsp3) is 0.350. The van der Waals surface area contributed by atoms with Gasteiger partial charge in [0.2, 0.25) is 15.9 Å². The van der Waals surface area contributed by atoms with Gasteiger partial charge in [0.1, 0.15) is 0 Å². The Labute approximate surface area is 156 Å². The maximum Gasteiger partial charge on any atom is 0.243 e. The molecule has 2 rings (SSSR count). The van der Waals surface area contributed by atoms with Crippen molar-refractivity contribution in [1.82, 2.24) is 9.62 Å². The van der Waals surface area contributed by atoms with Crippen LogP contribution < -0.4 is 5.32 Å². The third kappa shape index (κ3) is 5.41. The average Bonchev–Trinajstić information content (AvgIpc) is 2.62.